The van der Waals surface area contributed by atoms with Crippen LogP contribution in [0.5, 0.6) is 0 Å². The van der Waals surface area contributed by atoms with E-state index in [1.807, 2.05) is 0 Å². The first-order valence-corrected chi connectivity index (χ1v) is 5.38. The van der Waals surface area contributed by atoms with Gasteiger partial charge in [0.1, 0.15) is 0 Å². The molecular formula is C10H21N3O2. The van der Waals surface area contributed by atoms with Crippen molar-refractivity contribution in [1.29, 1.82) is 0 Å². The zero-order valence-electron chi connectivity index (χ0n) is 9.34. The fourth-order valence-corrected chi connectivity index (χ4v) is 1.17. The zero-order valence-corrected chi connectivity index (χ0v) is 9.34. The summed E-state index contributed by atoms with van der Waals surface area (Å²) in [5.74, 6) is -0.0848. The maximum Gasteiger partial charge on any atom is 0.233 e. The summed E-state index contributed by atoms with van der Waals surface area (Å²) < 4.78 is 0. The van der Waals surface area contributed by atoms with Gasteiger partial charge in [0, 0.05) is 20.0 Å². The summed E-state index contributed by atoms with van der Waals surface area (Å²) >= 11 is 0. The van der Waals surface area contributed by atoms with Crippen molar-refractivity contribution in [3.8, 4) is 0 Å². The molecule has 88 valence electrons. The predicted octanol–water partition coefficient (Wildman–Crippen LogP) is -0.242. The molecule has 0 aliphatic rings. The Labute approximate surface area is 90.8 Å². The fourth-order valence-electron chi connectivity index (χ4n) is 1.17. The van der Waals surface area contributed by atoms with Crippen LogP contribution >= 0.6 is 0 Å². The summed E-state index contributed by atoms with van der Waals surface area (Å²) in [4.78, 5) is 21.3. The maximum atomic E-state index is 10.7. The number of carbonyl (C=O) groups excluding carboxylic acids is 2. The van der Waals surface area contributed by atoms with Crippen LogP contribution in [0.15, 0.2) is 0 Å². The predicted molar refractivity (Wildman–Crippen MR) is 59.2 cm³/mol. The molecule has 0 atom stereocenters. The summed E-state index contributed by atoms with van der Waals surface area (Å²) in [6.07, 6.45) is 4.08. The summed E-state index contributed by atoms with van der Waals surface area (Å²) in [5.41, 5.74) is 5.13. The molecule has 0 aromatic rings. The maximum absolute atomic E-state index is 10.7. The van der Waals surface area contributed by atoms with Crippen LogP contribution in [0.2, 0.25) is 0 Å². The molecule has 0 heterocycles. The van der Waals surface area contributed by atoms with Gasteiger partial charge in [-0.2, -0.15) is 0 Å². The molecule has 0 radical (unpaired) electrons. The molecule has 0 bridgehead atoms. The molecule has 2 amide bonds. The molecule has 0 saturated heterocycles. The van der Waals surface area contributed by atoms with Crippen LogP contribution < -0.4 is 16.4 Å². The Morgan fingerprint density at radius 2 is 1.53 bits per heavy atom. The molecule has 0 spiro atoms. The first-order valence-electron chi connectivity index (χ1n) is 5.38. The van der Waals surface area contributed by atoms with E-state index in [0.717, 1.165) is 32.2 Å². The summed E-state index contributed by atoms with van der Waals surface area (Å²) in [6.45, 7) is 3.01. The highest BCUT2D eigenvalue weighted by Gasteiger charge is 1.95. The molecule has 0 unspecified atom stereocenters. The van der Waals surface area contributed by atoms with Crippen molar-refractivity contribution in [2.75, 3.05) is 19.6 Å². The van der Waals surface area contributed by atoms with Gasteiger partial charge in [0.2, 0.25) is 11.8 Å². The average Bonchev–Trinajstić information content (AvgIpc) is 2.21. The number of rotatable bonds is 8. The van der Waals surface area contributed by atoms with Crippen LogP contribution in [0.1, 0.15) is 32.6 Å². The number of hydrogen-bond acceptors (Lipinski definition) is 3. The molecule has 0 aliphatic heterocycles. The van der Waals surface area contributed by atoms with Gasteiger partial charge >= 0.3 is 0 Å². The van der Waals surface area contributed by atoms with E-state index in [4.69, 9.17) is 5.73 Å². The standard InChI is InChI=1S/C10H21N3O2/c1-9(14)12-6-4-2-3-5-7-13-10(15)8-11/h2-8,11H2,1H3,(H,12,14)(H,13,15). The van der Waals surface area contributed by atoms with Crippen LogP contribution in [0.3, 0.4) is 0 Å². The molecule has 0 aromatic carbocycles. The van der Waals surface area contributed by atoms with E-state index < -0.39 is 0 Å². The van der Waals surface area contributed by atoms with E-state index >= 15 is 0 Å². The summed E-state index contributed by atoms with van der Waals surface area (Å²) in [5, 5.41) is 5.45. The molecule has 4 N–H and O–H groups in total. The molecule has 5 heteroatoms. The topological polar surface area (TPSA) is 84.2 Å². The zero-order chi connectivity index (χ0) is 11.5. The van der Waals surface area contributed by atoms with Crippen molar-refractivity contribution >= 4 is 11.8 Å². The number of nitrogens with two attached hydrogens (primary N) is 1. The minimum atomic E-state index is -0.103. The minimum absolute atomic E-state index is 0.0187. The van der Waals surface area contributed by atoms with Crippen LogP contribution in [-0.2, 0) is 9.59 Å². The third-order valence-electron chi connectivity index (χ3n) is 1.99. The van der Waals surface area contributed by atoms with Crippen molar-refractivity contribution in [3.63, 3.8) is 0 Å². The van der Waals surface area contributed by atoms with Crippen LogP contribution in [0.4, 0.5) is 0 Å². The fraction of sp³-hybridized carbons (Fsp3) is 0.800. The van der Waals surface area contributed by atoms with Crippen molar-refractivity contribution in [3.05, 3.63) is 0 Å². The van der Waals surface area contributed by atoms with E-state index in [1.165, 1.54) is 6.92 Å². The van der Waals surface area contributed by atoms with Gasteiger partial charge in [0.05, 0.1) is 6.54 Å². The lowest BCUT2D eigenvalue weighted by molar-refractivity contribution is -0.120. The Bertz CT molecular complexity index is 195. The van der Waals surface area contributed by atoms with Crippen LogP contribution in [-0.4, -0.2) is 31.4 Å². The van der Waals surface area contributed by atoms with Crippen molar-refractivity contribution in [2.45, 2.75) is 32.6 Å². The second-order valence-corrected chi connectivity index (χ2v) is 3.45. The highest BCUT2D eigenvalue weighted by Crippen LogP contribution is 1.97. The second-order valence-electron chi connectivity index (χ2n) is 3.45. The van der Waals surface area contributed by atoms with Gasteiger partial charge < -0.3 is 16.4 Å². The molecule has 0 rings (SSSR count). The molecule has 0 saturated carbocycles. The Hall–Kier alpha value is -1.10. The number of unbranched alkanes of at least 4 members (excludes halogenated alkanes) is 3. The Morgan fingerprint density at radius 3 is 2.00 bits per heavy atom. The minimum Gasteiger partial charge on any atom is -0.356 e. The first-order chi connectivity index (χ1) is 7.16. The van der Waals surface area contributed by atoms with Crippen molar-refractivity contribution in [1.82, 2.24) is 10.6 Å². The van der Waals surface area contributed by atoms with E-state index in [9.17, 15) is 9.59 Å². The normalized spacial score (nSPS) is 9.73. The van der Waals surface area contributed by atoms with Gasteiger partial charge in [0.15, 0.2) is 0 Å². The van der Waals surface area contributed by atoms with E-state index in [0.29, 0.717) is 6.54 Å². The molecule has 0 aliphatic carbocycles. The van der Waals surface area contributed by atoms with Gasteiger partial charge in [-0.05, 0) is 12.8 Å². The Kier molecular flexibility index (Phi) is 8.76. The van der Waals surface area contributed by atoms with E-state index in [1.54, 1.807) is 0 Å². The third kappa shape index (κ3) is 10.8. The highest BCUT2D eigenvalue weighted by molar-refractivity contribution is 5.77. The summed E-state index contributed by atoms with van der Waals surface area (Å²) in [7, 11) is 0. The first kappa shape index (κ1) is 13.9. The number of hydrogen-bond donors (Lipinski definition) is 3. The average molecular weight is 215 g/mol. The lowest BCUT2D eigenvalue weighted by Gasteiger charge is -2.04. The van der Waals surface area contributed by atoms with Gasteiger partial charge in [-0.3, -0.25) is 9.59 Å². The third-order valence-corrected chi connectivity index (χ3v) is 1.99. The number of nitrogens with one attached hydrogen (secondary N) is 2. The molecule has 15 heavy (non-hydrogen) atoms. The highest BCUT2D eigenvalue weighted by atomic mass is 16.2. The molecular weight excluding hydrogens is 194 g/mol. The van der Waals surface area contributed by atoms with Gasteiger partial charge in [0.25, 0.3) is 0 Å². The Morgan fingerprint density at radius 1 is 1.00 bits per heavy atom. The SMILES string of the molecule is CC(=O)NCCCCCCNC(=O)CN. The van der Waals surface area contributed by atoms with E-state index in [2.05, 4.69) is 10.6 Å². The quantitative estimate of drug-likeness (QED) is 0.488. The lowest BCUT2D eigenvalue weighted by Crippen LogP contribution is -2.30. The lowest BCUT2D eigenvalue weighted by atomic mass is 10.2. The Balaban J connectivity index is 3.05. The van der Waals surface area contributed by atoms with E-state index in [-0.39, 0.29) is 18.4 Å². The molecule has 0 fully saturated rings. The monoisotopic (exact) mass is 215 g/mol. The van der Waals surface area contributed by atoms with Crippen LogP contribution in [0.25, 0.3) is 0 Å². The van der Waals surface area contributed by atoms with Gasteiger partial charge in [-0.25, -0.2) is 0 Å². The smallest absolute Gasteiger partial charge is 0.233 e. The van der Waals surface area contributed by atoms with Crippen molar-refractivity contribution in [2.24, 2.45) is 5.73 Å². The van der Waals surface area contributed by atoms with Crippen molar-refractivity contribution < 1.29 is 9.59 Å². The number of amides is 2. The van der Waals surface area contributed by atoms with Crippen LogP contribution in [0, 0.1) is 0 Å². The number of carbonyl (C=O) groups is 2. The van der Waals surface area contributed by atoms with Gasteiger partial charge in [-0.1, -0.05) is 12.8 Å². The van der Waals surface area contributed by atoms with Gasteiger partial charge in [-0.15, -0.1) is 0 Å². The molecule has 0 aromatic heterocycles. The second kappa shape index (κ2) is 9.45. The molecule has 5 nitrogen and oxygen atoms in total. The summed E-state index contributed by atoms with van der Waals surface area (Å²) in [6, 6.07) is 0. The largest absolute Gasteiger partial charge is 0.356 e.